The molecule has 17 heavy (non-hydrogen) atoms. The summed E-state index contributed by atoms with van der Waals surface area (Å²) in [6, 6.07) is 11.3. The molecule has 0 bridgehead atoms. The molecule has 2 rings (SSSR count). The van der Waals surface area contributed by atoms with E-state index < -0.39 is 0 Å². The fourth-order valence-corrected chi connectivity index (χ4v) is 1.82. The maximum atomic E-state index is 5.94. The Kier molecular flexibility index (Phi) is 3.49. The number of para-hydroxylation sites is 1. The van der Waals surface area contributed by atoms with E-state index in [0.717, 1.165) is 16.9 Å². The highest BCUT2D eigenvalue weighted by molar-refractivity contribution is 6.29. The van der Waals surface area contributed by atoms with Gasteiger partial charge in [-0.25, -0.2) is 4.98 Å². The van der Waals surface area contributed by atoms with Crippen molar-refractivity contribution in [2.24, 2.45) is 0 Å². The first kappa shape index (κ1) is 11.7. The standard InChI is InChI=1S/C13H12ClNO2/c1-16-11-6-4-3-5-10(11)9-7-12(14)15-13(8-9)17-2/h3-8H,1-2H3. The summed E-state index contributed by atoms with van der Waals surface area (Å²) < 4.78 is 10.4. The van der Waals surface area contributed by atoms with Crippen LogP contribution in [0.5, 0.6) is 11.6 Å². The molecule has 0 radical (unpaired) electrons. The van der Waals surface area contributed by atoms with Gasteiger partial charge in [-0.15, -0.1) is 0 Å². The third-order valence-electron chi connectivity index (χ3n) is 2.40. The maximum absolute atomic E-state index is 5.94. The molecule has 0 N–H and O–H groups in total. The molecule has 4 heteroatoms. The van der Waals surface area contributed by atoms with Crippen LogP contribution in [0, 0.1) is 0 Å². The largest absolute Gasteiger partial charge is 0.496 e. The smallest absolute Gasteiger partial charge is 0.214 e. The van der Waals surface area contributed by atoms with Gasteiger partial charge < -0.3 is 9.47 Å². The van der Waals surface area contributed by atoms with Gasteiger partial charge in [0, 0.05) is 11.6 Å². The second-order valence-electron chi connectivity index (χ2n) is 3.42. The van der Waals surface area contributed by atoms with Crippen LogP contribution in [0.1, 0.15) is 0 Å². The predicted molar refractivity (Wildman–Crippen MR) is 67.8 cm³/mol. The number of halogens is 1. The lowest BCUT2D eigenvalue weighted by atomic mass is 10.1. The van der Waals surface area contributed by atoms with Crippen LogP contribution in [0.15, 0.2) is 36.4 Å². The molecule has 0 aliphatic rings. The van der Waals surface area contributed by atoms with Crippen molar-refractivity contribution in [1.29, 1.82) is 0 Å². The molecule has 0 atom stereocenters. The van der Waals surface area contributed by atoms with Gasteiger partial charge in [0.25, 0.3) is 0 Å². The number of hydrogen-bond acceptors (Lipinski definition) is 3. The van der Waals surface area contributed by atoms with Gasteiger partial charge in [-0.2, -0.15) is 0 Å². The van der Waals surface area contributed by atoms with Crippen LogP contribution in [0.2, 0.25) is 5.15 Å². The summed E-state index contributed by atoms with van der Waals surface area (Å²) in [6.45, 7) is 0. The van der Waals surface area contributed by atoms with Crippen molar-refractivity contribution in [1.82, 2.24) is 4.98 Å². The minimum absolute atomic E-state index is 0.394. The third kappa shape index (κ3) is 2.50. The molecule has 0 spiro atoms. The summed E-state index contributed by atoms with van der Waals surface area (Å²) in [4.78, 5) is 4.04. The van der Waals surface area contributed by atoms with Crippen molar-refractivity contribution >= 4 is 11.6 Å². The normalized spacial score (nSPS) is 10.1. The van der Waals surface area contributed by atoms with Gasteiger partial charge in [0.2, 0.25) is 5.88 Å². The van der Waals surface area contributed by atoms with E-state index in [1.807, 2.05) is 30.3 Å². The summed E-state index contributed by atoms with van der Waals surface area (Å²) in [5, 5.41) is 0.394. The molecule has 88 valence electrons. The quantitative estimate of drug-likeness (QED) is 0.781. The van der Waals surface area contributed by atoms with E-state index in [-0.39, 0.29) is 0 Å². The lowest BCUT2D eigenvalue weighted by Crippen LogP contribution is -1.91. The van der Waals surface area contributed by atoms with Gasteiger partial charge in [-0.3, -0.25) is 0 Å². The summed E-state index contributed by atoms with van der Waals surface area (Å²) >= 11 is 5.94. The number of hydrogen-bond donors (Lipinski definition) is 0. The van der Waals surface area contributed by atoms with E-state index in [2.05, 4.69) is 4.98 Å². The van der Waals surface area contributed by atoms with Gasteiger partial charge in [0.15, 0.2) is 0 Å². The second-order valence-corrected chi connectivity index (χ2v) is 3.81. The van der Waals surface area contributed by atoms with Crippen LogP contribution in [0.25, 0.3) is 11.1 Å². The molecule has 0 amide bonds. The molecule has 1 heterocycles. The molecule has 0 unspecified atom stereocenters. The Balaban J connectivity index is 2.55. The molecule has 0 saturated heterocycles. The highest BCUT2D eigenvalue weighted by atomic mass is 35.5. The van der Waals surface area contributed by atoms with Crippen LogP contribution in [-0.2, 0) is 0 Å². The lowest BCUT2D eigenvalue weighted by Gasteiger charge is -2.09. The van der Waals surface area contributed by atoms with Crippen molar-refractivity contribution in [3.05, 3.63) is 41.6 Å². The van der Waals surface area contributed by atoms with Gasteiger partial charge in [-0.1, -0.05) is 29.8 Å². The number of methoxy groups -OCH3 is 2. The minimum Gasteiger partial charge on any atom is -0.496 e. The summed E-state index contributed by atoms with van der Waals surface area (Å²) in [7, 11) is 3.20. The van der Waals surface area contributed by atoms with Crippen molar-refractivity contribution in [2.75, 3.05) is 14.2 Å². The first-order valence-corrected chi connectivity index (χ1v) is 5.47. The average molecular weight is 250 g/mol. The van der Waals surface area contributed by atoms with Gasteiger partial charge in [0.05, 0.1) is 14.2 Å². The number of nitrogens with zero attached hydrogens (tertiary/aromatic N) is 1. The molecule has 3 nitrogen and oxygen atoms in total. The average Bonchev–Trinajstić information content (AvgIpc) is 2.37. The SMILES string of the molecule is COc1cc(-c2ccccc2OC)cc(Cl)n1. The van der Waals surface area contributed by atoms with E-state index in [9.17, 15) is 0 Å². The summed E-state index contributed by atoms with van der Waals surface area (Å²) in [5.74, 6) is 1.27. The topological polar surface area (TPSA) is 31.4 Å². The molecule has 0 aliphatic carbocycles. The zero-order chi connectivity index (χ0) is 12.3. The second kappa shape index (κ2) is 5.06. The minimum atomic E-state index is 0.394. The number of aromatic nitrogens is 1. The fraction of sp³-hybridized carbons (Fsp3) is 0.154. The van der Waals surface area contributed by atoms with Crippen LogP contribution >= 0.6 is 11.6 Å². The van der Waals surface area contributed by atoms with E-state index in [4.69, 9.17) is 21.1 Å². The first-order valence-electron chi connectivity index (χ1n) is 5.09. The predicted octanol–water partition coefficient (Wildman–Crippen LogP) is 3.42. The summed E-state index contributed by atoms with van der Waals surface area (Å²) in [5.41, 5.74) is 1.87. The Labute approximate surface area is 105 Å². The van der Waals surface area contributed by atoms with E-state index in [1.165, 1.54) is 0 Å². The number of pyridine rings is 1. The van der Waals surface area contributed by atoms with E-state index >= 15 is 0 Å². The number of ether oxygens (including phenoxy) is 2. The molecule has 2 aromatic rings. The lowest BCUT2D eigenvalue weighted by molar-refractivity contribution is 0.398. The van der Waals surface area contributed by atoms with Gasteiger partial charge in [-0.05, 0) is 17.7 Å². The van der Waals surface area contributed by atoms with Crippen molar-refractivity contribution in [2.45, 2.75) is 0 Å². The number of benzene rings is 1. The number of rotatable bonds is 3. The molecule has 1 aromatic carbocycles. The van der Waals surface area contributed by atoms with Crippen molar-refractivity contribution in [3.8, 4) is 22.8 Å². The molecule has 1 aromatic heterocycles. The monoisotopic (exact) mass is 249 g/mol. The van der Waals surface area contributed by atoms with Crippen LogP contribution < -0.4 is 9.47 Å². The zero-order valence-corrected chi connectivity index (χ0v) is 10.4. The molecular weight excluding hydrogens is 238 g/mol. The van der Waals surface area contributed by atoms with E-state index in [0.29, 0.717) is 11.0 Å². The Bertz CT molecular complexity index is 529. The van der Waals surface area contributed by atoms with Crippen LogP contribution in [-0.4, -0.2) is 19.2 Å². The Hall–Kier alpha value is -1.74. The maximum Gasteiger partial charge on any atom is 0.214 e. The zero-order valence-electron chi connectivity index (χ0n) is 9.61. The summed E-state index contributed by atoms with van der Waals surface area (Å²) in [6.07, 6.45) is 0. The molecule has 0 aliphatic heterocycles. The highest BCUT2D eigenvalue weighted by Gasteiger charge is 2.08. The van der Waals surface area contributed by atoms with Gasteiger partial charge in [0.1, 0.15) is 10.9 Å². The van der Waals surface area contributed by atoms with Gasteiger partial charge >= 0.3 is 0 Å². The highest BCUT2D eigenvalue weighted by Crippen LogP contribution is 2.32. The van der Waals surface area contributed by atoms with Crippen molar-refractivity contribution in [3.63, 3.8) is 0 Å². The van der Waals surface area contributed by atoms with E-state index in [1.54, 1.807) is 20.3 Å². The third-order valence-corrected chi connectivity index (χ3v) is 2.59. The Morgan fingerprint density at radius 2 is 1.82 bits per heavy atom. The molecular formula is C13H12ClNO2. The molecule has 0 fully saturated rings. The fourth-order valence-electron chi connectivity index (χ4n) is 1.62. The van der Waals surface area contributed by atoms with Crippen LogP contribution in [0.4, 0.5) is 0 Å². The first-order chi connectivity index (χ1) is 8.24. The Morgan fingerprint density at radius 1 is 1.06 bits per heavy atom. The van der Waals surface area contributed by atoms with Crippen LogP contribution in [0.3, 0.4) is 0 Å². The Morgan fingerprint density at radius 3 is 2.53 bits per heavy atom. The molecule has 0 saturated carbocycles. The van der Waals surface area contributed by atoms with Crippen molar-refractivity contribution < 1.29 is 9.47 Å².